The van der Waals surface area contributed by atoms with Crippen LogP contribution >= 0.6 is 0 Å². The SMILES string of the molecule is CC1(C)CCN(CC2C=CC(N)C2)C1. The molecule has 1 saturated heterocycles. The van der Waals surface area contributed by atoms with Crippen LogP contribution in [0.2, 0.25) is 0 Å². The van der Waals surface area contributed by atoms with Crippen LogP contribution in [0.1, 0.15) is 26.7 Å². The van der Waals surface area contributed by atoms with Gasteiger partial charge in [-0.3, -0.25) is 0 Å². The Morgan fingerprint density at radius 1 is 1.43 bits per heavy atom. The minimum Gasteiger partial charge on any atom is -0.324 e. The molecule has 0 aromatic heterocycles. The lowest BCUT2D eigenvalue weighted by Crippen LogP contribution is -2.29. The molecule has 1 aliphatic heterocycles. The Kier molecular flexibility index (Phi) is 2.67. The van der Waals surface area contributed by atoms with E-state index >= 15 is 0 Å². The largest absolute Gasteiger partial charge is 0.324 e. The summed E-state index contributed by atoms with van der Waals surface area (Å²) in [4.78, 5) is 2.59. The maximum absolute atomic E-state index is 5.85. The van der Waals surface area contributed by atoms with Gasteiger partial charge < -0.3 is 10.6 Å². The zero-order valence-corrected chi connectivity index (χ0v) is 9.37. The van der Waals surface area contributed by atoms with Gasteiger partial charge in [-0.25, -0.2) is 0 Å². The maximum Gasteiger partial charge on any atom is 0.0229 e. The minimum atomic E-state index is 0.315. The lowest BCUT2D eigenvalue weighted by molar-refractivity contribution is 0.264. The van der Waals surface area contributed by atoms with Crippen molar-refractivity contribution in [3.8, 4) is 0 Å². The van der Waals surface area contributed by atoms with Crippen molar-refractivity contribution in [2.75, 3.05) is 19.6 Å². The van der Waals surface area contributed by atoms with Crippen molar-refractivity contribution in [2.24, 2.45) is 17.1 Å². The standard InChI is InChI=1S/C12H22N2/c1-12(2)5-6-14(9-12)8-10-3-4-11(13)7-10/h3-4,10-11H,5-9,13H2,1-2H3. The molecule has 1 fully saturated rings. The molecule has 2 nitrogen and oxygen atoms in total. The van der Waals surface area contributed by atoms with E-state index in [0.717, 1.165) is 6.42 Å². The molecule has 1 aliphatic carbocycles. The Labute approximate surface area is 87.2 Å². The fourth-order valence-electron chi connectivity index (χ4n) is 2.65. The van der Waals surface area contributed by atoms with Gasteiger partial charge in [0.05, 0.1) is 0 Å². The van der Waals surface area contributed by atoms with Crippen LogP contribution in [0, 0.1) is 11.3 Å². The Morgan fingerprint density at radius 2 is 2.21 bits per heavy atom. The number of likely N-dealkylation sites (tertiary alicyclic amines) is 1. The van der Waals surface area contributed by atoms with Crippen molar-refractivity contribution >= 4 is 0 Å². The zero-order chi connectivity index (χ0) is 10.2. The summed E-state index contributed by atoms with van der Waals surface area (Å²) in [5.74, 6) is 0.707. The van der Waals surface area contributed by atoms with Crippen molar-refractivity contribution in [2.45, 2.75) is 32.7 Å². The summed E-state index contributed by atoms with van der Waals surface area (Å²) < 4.78 is 0. The molecular formula is C12H22N2. The number of hydrogen-bond donors (Lipinski definition) is 1. The summed E-state index contributed by atoms with van der Waals surface area (Å²) >= 11 is 0. The minimum absolute atomic E-state index is 0.315. The van der Waals surface area contributed by atoms with E-state index in [4.69, 9.17) is 5.73 Å². The van der Waals surface area contributed by atoms with Crippen LogP contribution in [0.5, 0.6) is 0 Å². The first-order valence-electron chi connectivity index (χ1n) is 5.71. The van der Waals surface area contributed by atoms with Crippen molar-refractivity contribution in [3.05, 3.63) is 12.2 Å². The molecule has 2 atom stereocenters. The van der Waals surface area contributed by atoms with Crippen molar-refractivity contribution in [1.82, 2.24) is 4.90 Å². The number of rotatable bonds is 2. The monoisotopic (exact) mass is 194 g/mol. The van der Waals surface area contributed by atoms with E-state index in [0.29, 0.717) is 17.4 Å². The summed E-state index contributed by atoms with van der Waals surface area (Å²) in [6, 6.07) is 0.315. The van der Waals surface area contributed by atoms with E-state index in [1.54, 1.807) is 0 Å². The van der Waals surface area contributed by atoms with Crippen LogP contribution in [0.15, 0.2) is 12.2 Å². The third kappa shape index (κ3) is 2.37. The Bertz CT molecular complexity index is 232. The summed E-state index contributed by atoms with van der Waals surface area (Å²) in [6.07, 6.45) is 6.95. The summed E-state index contributed by atoms with van der Waals surface area (Å²) in [5, 5.41) is 0. The second kappa shape index (κ2) is 3.67. The highest BCUT2D eigenvalue weighted by atomic mass is 15.2. The predicted octanol–water partition coefficient (Wildman–Crippen LogP) is 1.62. The highest BCUT2D eigenvalue weighted by Crippen LogP contribution is 2.30. The van der Waals surface area contributed by atoms with Crippen LogP contribution in [-0.4, -0.2) is 30.6 Å². The fourth-order valence-corrected chi connectivity index (χ4v) is 2.65. The molecular weight excluding hydrogens is 172 g/mol. The topological polar surface area (TPSA) is 29.3 Å². The molecule has 0 radical (unpaired) electrons. The van der Waals surface area contributed by atoms with Crippen LogP contribution in [0.25, 0.3) is 0 Å². The van der Waals surface area contributed by atoms with Crippen LogP contribution in [0.4, 0.5) is 0 Å². The molecule has 0 amide bonds. The molecule has 0 aromatic rings. The molecule has 2 aliphatic rings. The van der Waals surface area contributed by atoms with E-state index in [2.05, 4.69) is 30.9 Å². The molecule has 2 N–H and O–H groups in total. The van der Waals surface area contributed by atoms with E-state index in [1.165, 1.54) is 26.1 Å². The smallest absolute Gasteiger partial charge is 0.0229 e. The Morgan fingerprint density at radius 3 is 2.71 bits per heavy atom. The number of hydrogen-bond acceptors (Lipinski definition) is 2. The molecule has 0 aromatic carbocycles. The quantitative estimate of drug-likeness (QED) is 0.677. The third-order valence-electron chi connectivity index (χ3n) is 3.45. The first-order chi connectivity index (χ1) is 6.55. The highest BCUT2D eigenvalue weighted by molar-refractivity contribution is 5.05. The summed E-state index contributed by atoms with van der Waals surface area (Å²) in [5.41, 5.74) is 6.38. The lowest BCUT2D eigenvalue weighted by atomic mass is 9.93. The molecule has 14 heavy (non-hydrogen) atoms. The van der Waals surface area contributed by atoms with Gasteiger partial charge in [-0.2, -0.15) is 0 Å². The van der Waals surface area contributed by atoms with E-state index in [-0.39, 0.29) is 0 Å². The average Bonchev–Trinajstić information content (AvgIpc) is 2.59. The predicted molar refractivity (Wildman–Crippen MR) is 60.1 cm³/mol. The molecule has 2 unspecified atom stereocenters. The molecule has 0 saturated carbocycles. The van der Waals surface area contributed by atoms with Gasteiger partial charge in [-0.05, 0) is 30.7 Å². The fraction of sp³-hybridized carbons (Fsp3) is 0.833. The summed E-state index contributed by atoms with van der Waals surface area (Å²) in [7, 11) is 0. The van der Waals surface area contributed by atoms with Crippen molar-refractivity contribution in [3.63, 3.8) is 0 Å². The van der Waals surface area contributed by atoms with Gasteiger partial charge in [0.1, 0.15) is 0 Å². The number of nitrogens with two attached hydrogens (primary N) is 1. The maximum atomic E-state index is 5.85. The Hall–Kier alpha value is -0.340. The van der Waals surface area contributed by atoms with E-state index < -0.39 is 0 Å². The molecule has 2 rings (SSSR count). The highest BCUT2D eigenvalue weighted by Gasteiger charge is 2.30. The third-order valence-corrected chi connectivity index (χ3v) is 3.45. The Balaban J connectivity index is 1.80. The normalized spacial score (nSPS) is 36.8. The second-order valence-electron chi connectivity index (χ2n) is 5.69. The molecule has 0 bridgehead atoms. The lowest BCUT2D eigenvalue weighted by Gasteiger charge is -2.22. The van der Waals surface area contributed by atoms with Gasteiger partial charge in [-0.15, -0.1) is 0 Å². The van der Waals surface area contributed by atoms with Gasteiger partial charge in [0, 0.05) is 19.1 Å². The van der Waals surface area contributed by atoms with E-state index in [9.17, 15) is 0 Å². The number of nitrogens with zero attached hydrogens (tertiary/aromatic N) is 1. The van der Waals surface area contributed by atoms with Crippen molar-refractivity contribution in [1.29, 1.82) is 0 Å². The van der Waals surface area contributed by atoms with E-state index in [1.807, 2.05) is 0 Å². The molecule has 1 heterocycles. The van der Waals surface area contributed by atoms with Gasteiger partial charge in [0.25, 0.3) is 0 Å². The van der Waals surface area contributed by atoms with Crippen LogP contribution in [-0.2, 0) is 0 Å². The summed E-state index contributed by atoms with van der Waals surface area (Å²) in [6.45, 7) is 8.47. The van der Waals surface area contributed by atoms with Gasteiger partial charge in [0.15, 0.2) is 0 Å². The molecule has 80 valence electrons. The van der Waals surface area contributed by atoms with Gasteiger partial charge in [-0.1, -0.05) is 26.0 Å². The van der Waals surface area contributed by atoms with Crippen LogP contribution in [0.3, 0.4) is 0 Å². The van der Waals surface area contributed by atoms with Gasteiger partial charge >= 0.3 is 0 Å². The first kappa shape index (κ1) is 10.2. The van der Waals surface area contributed by atoms with Crippen molar-refractivity contribution < 1.29 is 0 Å². The average molecular weight is 194 g/mol. The first-order valence-corrected chi connectivity index (χ1v) is 5.71. The second-order valence-corrected chi connectivity index (χ2v) is 5.69. The molecule has 2 heteroatoms. The van der Waals surface area contributed by atoms with Crippen LogP contribution < -0.4 is 5.73 Å². The van der Waals surface area contributed by atoms with Gasteiger partial charge in [0.2, 0.25) is 0 Å². The zero-order valence-electron chi connectivity index (χ0n) is 9.37. The molecule has 0 spiro atoms.